The minimum atomic E-state index is -1.22. The lowest BCUT2D eigenvalue weighted by Gasteiger charge is -2.23. The van der Waals surface area contributed by atoms with Crippen molar-refractivity contribution in [1.29, 1.82) is 10.5 Å². The van der Waals surface area contributed by atoms with Gasteiger partial charge in [0.15, 0.2) is 11.3 Å². The quantitative estimate of drug-likeness (QED) is 0.0605. The van der Waals surface area contributed by atoms with Gasteiger partial charge in [0, 0.05) is 92.7 Å². The van der Waals surface area contributed by atoms with E-state index in [0.29, 0.717) is 72.9 Å². The van der Waals surface area contributed by atoms with Crippen molar-refractivity contribution < 1.29 is 18.9 Å². The zero-order chi connectivity index (χ0) is 50.3. The van der Waals surface area contributed by atoms with Crippen molar-refractivity contribution in [2.24, 2.45) is 0 Å². The normalized spacial score (nSPS) is 14.8. The summed E-state index contributed by atoms with van der Waals surface area (Å²) in [6, 6.07) is 21.0. The maximum absolute atomic E-state index is 13.6. The molecular formula is C50H61ClN12O6Si2. The molecule has 0 atom stereocenters. The van der Waals surface area contributed by atoms with Crippen LogP contribution in [0.2, 0.25) is 56.5 Å². The van der Waals surface area contributed by atoms with Crippen LogP contribution in [0.4, 0.5) is 0 Å². The van der Waals surface area contributed by atoms with Gasteiger partial charge in [-0.25, -0.2) is 29.5 Å². The highest BCUT2D eigenvalue weighted by atomic mass is 35.5. The van der Waals surface area contributed by atoms with Crippen molar-refractivity contribution in [1.82, 2.24) is 47.0 Å². The third-order valence-corrected chi connectivity index (χ3v) is 16.2. The molecule has 372 valence electrons. The number of rotatable bonds is 13. The minimum Gasteiger partial charge on any atom is -0.381 e. The van der Waals surface area contributed by atoms with Crippen LogP contribution in [0.3, 0.4) is 0 Å². The molecule has 2 aliphatic rings. The zero-order valence-corrected chi connectivity index (χ0v) is 44.0. The monoisotopic (exact) mass is 1020 g/mol. The summed E-state index contributed by atoms with van der Waals surface area (Å²) in [7, 11) is -2.38. The van der Waals surface area contributed by atoms with E-state index < -0.39 is 16.1 Å². The minimum absolute atomic E-state index is 0.0251. The van der Waals surface area contributed by atoms with E-state index in [1.165, 1.54) is 0 Å². The Hall–Kier alpha value is -6.24. The van der Waals surface area contributed by atoms with E-state index in [9.17, 15) is 14.9 Å². The fraction of sp³-hybridized carbons (Fsp3) is 0.440. The van der Waals surface area contributed by atoms with E-state index in [1.54, 1.807) is 56.7 Å². The fourth-order valence-corrected chi connectivity index (χ4v) is 10.2. The second kappa shape index (κ2) is 22.5. The standard InChI is InChI=1S/C25H30N6O3Si.C17H26ClN3O3Si.C8H5N3/c1-35(2,3)13-12-34-17-30-21-6-5-20(22-15-27-23-7-4-18(14-26)16-29(22)23)28-24(21)31(25(30)32)19-8-10-33-11-9-19;1-25(2,3)11-10-24-12-20-14-4-5-15(18)19-16(14)21(17(20)22)13-6-8-23-9-7-13;9-5-7-1-2-8-10-3-4-11(8)6-7/h4-7,15-16,19H,8-13,17H2,1-3H3;4-5,13H,6-12H2,1-3H3;1-4,6H. The third-order valence-electron chi connectivity index (χ3n) is 12.5. The first-order valence-electron chi connectivity index (χ1n) is 24.0. The molecule has 0 unspecified atom stereocenters. The molecule has 10 heterocycles. The summed E-state index contributed by atoms with van der Waals surface area (Å²) in [5.74, 6) is 0. The molecule has 0 saturated carbocycles. The van der Waals surface area contributed by atoms with Gasteiger partial charge in [0.2, 0.25) is 0 Å². The Morgan fingerprint density at radius 2 is 1.20 bits per heavy atom. The Morgan fingerprint density at radius 1 is 0.676 bits per heavy atom. The number of nitriles is 2. The summed E-state index contributed by atoms with van der Waals surface area (Å²) < 4.78 is 33.4. The number of ether oxygens (including phenoxy) is 4. The van der Waals surface area contributed by atoms with E-state index in [4.69, 9.17) is 40.8 Å². The molecule has 2 saturated heterocycles. The average Bonchev–Trinajstić information content (AvgIpc) is 4.13. The number of halogens is 1. The highest BCUT2D eigenvalue weighted by Crippen LogP contribution is 2.28. The zero-order valence-electron chi connectivity index (χ0n) is 41.3. The first-order chi connectivity index (χ1) is 34.1. The summed E-state index contributed by atoms with van der Waals surface area (Å²) in [5, 5.41) is 18.3. The summed E-state index contributed by atoms with van der Waals surface area (Å²) in [4.78, 5) is 44.5. The summed E-state index contributed by atoms with van der Waals surface area (Å²) in [5.41, 5.74) is 6.87. The SMILES string of the molecule is C[Si](C)(C)CCOCn1c(=O)n(C2CCOCC2)c2nc(-c3cnc4ccc(C#N)cn34)ccc21.C[Si](C)(C)CCOCn1c(=O)n(C2CCOCC2)c2nc(Cl)ccc21.N#Cc1ccc2nccn2c1. The average molecular weight is 1020 g/mol. The molecule has 0 radical (unpaired) electrons. The van der Waals surface area contributed by atoms with Gasteiger partial charge in [0.05, 0.1) is 39.7 Å². The molecule has 71 heavy (non-hydrogen) atoms. The van der Waals surface area contributed by atoms with Crippen LogP contribution in [0.1, 0.15) is 48.9 Å². The third kappa shape index (κ3) is 12.3. The molecule has 2 aliphatic heterocycles. The number of imidazole rings is 4. The Morgan fingerprint density at radius 3 is 1.75 bits per heavy atom. The maximum atomic E-state index is 13.6. The molecule has 10 rings (SSSR count). The van der Waals surface area contributed by atoms with E-state index in [2.05, 4.69) is 66.4 Å². The van der Waals surface area contributed by atoms with Gasteiger partial charge in [0.25, 0.3) is 0 Å². The van der Waals surface area contributed by atoms with Crippen LogP contribution in [-0.4, -0.2) is 103 Å². The Labute approximate surface area is 418 Å². The largest absolute Gasteiger partial charge is 0.381 e. The lowest BCUT2D eigenvalue weighted by Crippen LogP contribution is -2.31. The first-order valence-corrected chi connectivity index (χ1v) is 31.8. The van der Waals surface area contributed by atoms with Crippen molar-refractivity contribution in [3.63, 3.8) is 0 Å². The molecule has 0 aromatic carbocycles. The van der Waals surface area contributed by atoms with E-state index in [-0.39, 0.29) is 36.9 Å². The molecule has 21 heteroatoms. The van der Waals surface area contributed by atoms with Gasteiger partial charge in [-0.05, 0) is 86.3 Å². The number of fused-ring (bicyclic) bond motifs is 4. The van der Waals surface area contributed by atoms with Crippen LogP contribution in [0.5, 0.6) is 0 Å². The van der Waals surface area contributed by atoms with Crippen LogP contribution >= 0.6 is 11.6 Å². The summed E-state index contributed by atoms with van der Waals surface area (Å²) in [6.07, 6.45) is 11.9. The van der Waals surface area contributed by atoms with E-state index in [1.807, 2.05) is 49.9 Å². The van der Waals surface area contributed by atoms with Gasteiger partial charge in [0.1, 0.15) is 42.0 Å². The first kappa shape index (κ1) is 51.1. The molecule has 0 bridgehead atoms. The lowest BCUT2D eigenvalue weighted by molar-refractivity contribution is 0.0667. The van der Waals surface area contributed by atoms with Gasteiger partial charge in [-0.3, -0.25) is 22.7 Å². The molecular weight excluding hydrogens is 956 g/mol. The van der Waals surface area contributed by atoms with Gasteiger partial charge in [-0.1, -0.05) is 50.9 Å². The van der Waals surface area contributed by atoms with Crippen LogP contribution in [-0.2, 0) is 32.4 Å². The van der Waals surface area contributed by atoms with Gasteiger partial charge < -0.3 is 23.3 Å². The molecule has 8 aromatic rings. The van der Waals surface area contributed by atoms with E-state index in [0.717, 1.165) is 65.8 Å². The molecule has 2 fully saturated rings. The number of hydrogen-bond donors (Lipinski definition) is 0. The maximum Gasteiger partial charge on any atom is 0.332 e. The summed E-state index contributed by atoms with van der Waals surface area (Å²) in [6.45, 7) is 18.2. The highest BCUT2D eigenvalue weighted by molar-refractivity contribution is 6.76. The number of nitrogens with zero attached hydrogens (tertiary/aromatic N) is 12. The van der Waals surface area contributed by atoms with Crippen molar-refractivity contribution in [2.45, 2.75) is 103 Å². The fourth-order valence-electron chi connectivity index (χ4n) is 8.51. The highest BCUT2D eigenvalue weighted by Gasteiger charge is 2.26. The van der Waals surface area contributed by atoms with Crippen molar-refractivity contribution in [3.05, 3.63) is 117 Å². The van der Waals surface area contributed by atoms with Crippen LogP contribution < -0.4 is 11.4 Å². The second-order valence-electron chi connectivity index (χ2n) is 20.2. The van der Waals surface area contributed by atoms with Crippen molar-refractivity contribution in [2.75, 3.05) is 39.6 Å². The predicted molar refractivity (Wildman–Crippen MR) is 278 cm³/mol. The van der Waals surface area contributed by atoms with Gasteiger partial charge >= 0.3 is 11.4 Å². The number of hydrogen-bond acceptors (Lipinski definition) is 12. The van der Waals surface area contributed by atoms with Crippen LogP contribution in [0, 0.1) is 22.7 Å². The Kier molecular flexibility index (Phi) is 16.2. The Balaban J connectivity index is 0.000000162. The Bertz CT molecular complexity index is 3340. The van der Waals surface area contributed by atoms with Crippen LogP contribution in [0.25, 0.3) is 45.0 Å². The van der Waals surface area contributed by atoms with Crippen molar-refractivity contribution in [3.8, 4) is 23.5 Å². The molecule has 8 aromatic heterocycles. The molecule has 18 nitrogen and oxygen atoms in total. The van der Waals surface area contributed by atoms with E-state index >= 15 is 0 Å². The molecule has 0 spiro atoms. The topological polar surface area (TPSA) is 199 Å². The van der Waals surface area contributed by atoms with Gasteiger partial charge in [-0.15, -0.1) is 0 Å². The van der Waals surface area contributed by atoms with Crippen LogP contribution in [0.15, 0.2) is 89.1 Å². The van der Waals surface area contributed by atoms with Crippen molar-refractivity contribution >= 4 is 61.4 Å². The second-order valence-corrected chi connectivity index (χ2v) is 31.8. The smallest absolute Gasteiger partial charge is 0.332 e. The molecule has 0 N–H and O–H groups in total. The number of pyridine rings is 4. The lowest BCUT2D eigenvalue weighted by atomic mass is 10.1. The molecule has 0 amide bonds. The number of aromatic nitrogens is 10. The van der Waals surface area contributed by atoms with Gasteiger partial charge in [-0.2, -0.15) is 10.5 Å². The summed E-state index contributed by atoms with van der Waals surface area (Å²) >= 11 is 6.08. The molecule has 0 aliphatic carbocycles. The predicted octanol–water partition coefficient (Wildman–Crippen LogP) is 8.77.